The van der Waals surface area contributed by atoms with Gasteiger partial charge in [0.15, 0.2) is 0 Å². The number of aryl methyl sites for hydroxylation is 1. The van der Waals surface area contributed by atoms with E-state index >= 15 is 0 Å². The van der Waals surface area contributed by atoms with Crippen molar-refractivity contribution in [3.63, 3.8) is 0 Å². The van der Waals surface area contributed by atoms with Crippen LogP contribution in [0.2, 0.25) is 0 Å². The molecule has 0 aliphatic heterocycles. The number of benzene rings is 3. The molecule has 3 aromatic rings. The van der Waals surface area contributed by atoms with Gasteiger partial charge in [0.2, 0.25) is 0 Å². The summed E-state index contributed by atoms with van der Waals surface area (Å²) < 4.78 is 30.6. The molecule has 0 aliphatic rings. The molecule has 0 heterocycles. The fourth-order valence-electron chi connectivity index (χ4n) is 3.03. The van der Waals surface area contributed by atoms with Crippen LogP contribution in [0.15, 0.2) is 84.0 Å². The second-order valence-electron chi connectivity index (χ2n) is 6.78. The topological polar surface area (TPSA) is 88.0 Å². The van der Waals surface area contributed by atoms with E-state index in [9.17, 15) is 8.42 Å². The van der Waals surface area contributed by atoms with Gasteiger partial charge in [-0.05, 0) is 35.7 Å². The van der Waals surface area contributed by atoms with Gasteiger partial charge in [0.25, 0.3) is 10.1 Å². The van der Waals surface area contributed by atoms with Crippen LogP contribution < -0.4 is 5.32 Å². The Morgan fingerprint density at radius 1 is 0.933 bits per heavy atom. The van der Waals surface area contributed by atoms with Gasteiger partial charge in [-0.1, -0.05) is 65.8 Å². The Balaban J connectivity index is 1.67. The molecule has 0 spiro atoms. The summed E-state index contributed by atoms with van der Waals surface area (Å²) in [6, 6.07) is 25.4. The predicted molar refractivity (Wildman–Crippen MR) is 119 cm³/mol. The van der Waals surface area contributed by atoms with Crippen LogP contribution in [0.4, 0.5) is 5.69 Å². The zero-order valence-electron chi connectivity index (χ0n) is 16.7. The third kappa shape index (κ3) is 6.43. The minimum atomic E-state index is -3.95. The van der Waals surface area contributed by atoms with Crippen LogP contribution in [0.5, 0.6) is 0 Å². The highest BCUT2D eigenvalue weighted by molar-refractivity contribution is 7.85. The van der Waals surface area contributed by atoms with E-state index in [1.807, 2.05) is 72.8 Å². The molecule has 7 heteroatoms. The second kappa shape index (κ2) is 10.0. The first-order valence-corrected chi connectivity index (χ1v) is 11.1. The molecule has 3 rings (SSSR count). The number of nitrogens with zero attached hydrogens (tertiary/aromatic N) is 1. The van der Waals surface area contributed by atoms with Crippen molar-refractivity contribution in [2.75, 3.05) is 18.2 Å². The minimum absolute atomic E-state index is 0.278. The summed E-state index contributed by atoms with van der Waals surface area (Å²) in [6.45, 7) is 0.618. The molecule has 0 saturated carbocycles. The summed E-state index contributed by atoms with van der Waals surface area (Å²) >= 11 is 0. The van der Waals surface area contributed by atoms with Crippen LogP contribution >= 0.6 is 0 Å². The number of nitrogens with one attached hydrogen (secondary N) is 1. The number of rotatable bonds is 9. The van der Waals surface area contributed by atoms with Crippen LogP contribution in [0.25, 0.3) is 0 Å². The van der Waals surface area contributed by atoms with Gasteiger partial charge in [0.1, 0.15) is 12.8 Å². The first kappa shape index (κ1) is 21.5. The standard InChI is InChI=1S/C23H24N2O4S/c1-29-25-23(20-7-3-2-4-8-20)21-9-5-6-19(16-21)17-24-22-12-10-18(11-13-22)14-15-30(26,27)28/h2-13,16,24H,14-15,17H2,1H3,(H,26,27,28)/b25-23-. The molecule has 0 amide bonds. The molecular formula is C23H24N2O4S. The Morgan fingerprint density at radius 2 is 1.63 bits per heavy atom. The number of anilines is 1. The van der Waals surface area contributed by atoms with Crippen molar-refractivity contribution in [1.29, 1.82) is 0 Å². The highest BCUT2D eigenvalue weighted by Gasteiger charge is 2.09. The quantitative estimate of drug-likeness (QED) is 0.306. The monoisotopic (exact) mass is 424 g/mol. The predicted octanol–water partition coefficient (Wildman–Crippen LogP) is 4.13. The molecule has 2 N–H and O–H groups in total. The van der Waals surface area contributed by atoms with E-state index in [4.69, 9.17) is 9.39 Å². The third-order valence-electron chi connectivity index (χ3n) is 4.53. The lowest BCUT2D eigenvalue weighted by molar-refractivity contribution is 0.214. The Labute approximate surface area is 177 Å². The van der Waals surface area contributed by atoms with Crippen molar-refractivity contribution in [3.05, 3.63) is 101 Å². The van der Waals surface area contributed by atoms with Crippen molar-refractivity contribution >= 4 is 21.5 Å². The van der Waals surface area contributed by atoms with Gasteiger partial charge in [-0.2, -0.15) is 8.42 Å². The van der Waals surface area contributed by atoms with E-state index < -0.39 is 10.1 Å². The van der Waals surface area contributed by atoms with Crippen LogP contribution in [-0.4, -0.2) is 31.5 Å². The van der Waals surface area contributed by atoms with Crippen LogP contribution in [-0.2, 0) is 27.9 Å². The summed E-state index contributed by atoms with van der Waals surface area (Å²) in [4.78, 5) is 5.05. The molecule has 0 unspecified atom stereocenters. The van der Waals surface area contributed by atoms with Crippen molar-refractivity contribution in [1.82, 2.24) is 0 Å². The summed E-state index contributed by atoms with van der Waals surface area (Å²) in [7, 11) is -2.41. The molecule has 6 nitrogen and oxygen atoms in total. The SMILES string of the molecule is CO/N=C(/c1ccccc1)c1cccc(CNc2ccc(CCS(=O)(=O)O)cc2)c1. The Morgan fingerprint density at radius 3 is 2.30 bits per heavy atom. The smallest absolute Gasteiger partial charge is 0.265 e. The maximum absolute atomic E-state index is 10.9. The lowest BCUT2D eigenvalue weighted by Gasteiger charge is -2.11. The zero-order valence-corrected chi connectivity index (χ0v) is 17.5. The van der Waals surface area contributed by atoms with Crippen LogP contribution in [0, 0.1) is 0 Å². The summed E-state index contributed by atoms with van der Waals surface area (Å²) in [6.07, 6.45) is 0.280. The van der Waals surface area contributed by atoms with Crippen molar-refractivity contribution in [2.45, 2.75) is 13.0 Å². The Hall–Kier alpha value is -3.16. The van der Waals surface area contributed by atoms with Crippen molar-refractivity contribution in [3.8, 4) is 0 Å². The van der Waals surface area contributed by atoms with Gasteiger partial charge in [0.05, 0.1) is 5.75 Å². The fraction of sp³-hybridized carbons (Fsp3) is 0.174. The highest BCUT2D eigenvalue weighted by Crippen LogP contribution is 2.16. The molecule has 0 atom stereocenters. The molecule has 0 bridgehead atoms. The molecule has 156 valence electrons. The molecule has 0 fully saturated rings. The van der Waals surface area contributed by atoms with E-state index in [2.05, 4.69) is 16.5 Å². The first-order valence-electron chi connectivity index (χ1n) is 9.48. The normalized spacial score (nSPS) is 11.9. The average molecular weight is 425 g/mol. The largest absolute Gasteiger partial charge is 0.399 e. The minimum Gasteiger partial charge on any atom is -0.399 e. The third-order valence-corrected chi connectivity index (χ3v) is 5.25. The van der Waals surface area contributed by atoms with Gasteiger partial charge >= 0.3 is 0 Å². The lowest BCUT2D eigenvalue weighted by atomic mass is 10.0. The summed E-state index contributed by atoms with van der Waals surface area (Å²) in [5.74, 6) is -0.278. The van der Waals surface area contributed by atoms with Crippen LogP contribution in [0.3, 0.4) is 0 Å². The molecule has 30 heavy (non-hydrogen) atoms. The number of oxime groups is 1. The molecular weight excluding hydrogens is 400 g/mol. The van der Waals surface area contributed by atoms with Crippen molar-refractivity contribution in [2.24, 2.45) is 5.16 Å². The average Bonchev–Trinajstić information content (AvgIpc) is 2.75. The van der Waals surface area contributed by atoms with Gasteiger partial charge in [0, 0.05) is 23.4 Å². The molecule has 3 aromatic carbocycles. The second-order valence-corrected chi connectivity index (χ2v) is 8.35. The van der Waals surface area contributed by atoms with E-state index in [0.717, 1.165) is 33.7 Å². The van der Waals surface area contributed by atoms with Gasteiger partial charge < -0.3 is 10.2 Å². The van der Waals surface area contributed by atoms with E-state index in [1.165, 1.54) is 7.11 Å². The van der Waals surface area contributed by atoms with E-state index in [0.29, 0.717) is 6.54 Å². The molecule has 0 aliphatic carbocycles. The van der Waals surface area contributed by atoms with Gasteiger partial charge in [-0.15, -0.1) is 0 Å². The lowest BCUT2D eigenvalue weighted by Crippen LogP contribution is -2.07. The maximum Gasteiger partial charge on any atom is 0.265 e. The summed E-state index contributed by atoms with van der Waals surface area (Å²) in [5.41, 5.74) is 5.56. The van der Waals surface area contributed by atoms with E-state index in [1.54, 1.807) is 0 Å². The van der Waals surface area contributed by atoms with Crippen molar-refractivity contribution < 1.29 is 17.8 Å². The number of hydrogen-bond acceptors (Lipinski definition) is 5. The highest BCUT2D eigenvalue weighted by atomic mass is 32.2. The van der Waals surface area contributed by atoms with Gasteiger partial charge in [-0.3, -0.25) is 4.55 Å². The zero-order chi connectivity index (χ0) is 21.4. The Kier molecular flexibility index (Phi) is 7.21. The molecule has 0 aromatic heterocycles. The Bertz CT molecular complexity index is 1100. The van der Waals surface area contributed by atoms with Gasteiger partial charge in [-0.25, -0.2) is 0 Å². The first-order chi connectivity index (χ1) is 14.4. The van der Waals surface area contributed by atoms with Crippen LogP contribution in [0.1, 0.15) is 22.3 Å². The fourth-order valence-corrected chi connectivity index (χ4v) is 3.52. The summed E-state index contributed by atoms with van der Waals surface area (Å²) in [5, 5.41) is 7.56. The van der Waals surface area contributed by atoms with E-state index in [-0.39, 0.29) is 12.2 Å². The molecule has 0 radical (unpaired) electrons. The number of hydrogen-bond donors (Lipinski definition) is 2. The maximum atomic E-state index is 10.9. The molecule has 0 saturated heterocycles.